The molecule has 1 aliphatic heterocycles. The van der Waals surface area contributed by atoms with Gasteiger partial charge in [-0.05, 0) is 24.5 Å². The molecule has 1 amide bonds. The van der Waals surface area contributed by atoms with Crippen LogP contribution in [0.5, 0.6) is 0 Å². The van der Waals surface area contributed by atoms with Crippen LogP contribution in [0.25, 0.3) is 0 Å². The van der Waals surface area contributed by atoms with E-state index in [1.165, 1.54) is 12.1 Å². The first-order valence-electron chi connectivity index (χ1n) is 6.12. The Morgan fingerprint density at radius 3 is 2.58 bits per heavy atom. The largest absolute Gasteiger partial charge is 0.396 e. The third-order valence-corrected chi connectivity index (χ3v) is 4.28. The summed E-state index contributed by atoms with van der Waals surface area (Å²) in [6, 6.07) is 2.88. The van der Waals surface area contributed by atoms with Gasteiger partial charge in [0.05, 0.1) is 28.4 Å². The summed E-state index contributed by atoms with van der Waals surface area (Å²) in [5, 5.41) is 9.92. The van der Waals surface area contributed by atoms with Crippen LogP contribution in [0.1, 0.15) is 23.7 Å². The van der Waals surface area contributed by atoms with Gasteiger partial charge in [0.25, 0.3) is 5.91 Å². The molecule has 1 aliphatic rings. The third-order valence-electron chi connectivity index (χ3n) is 3.66. The maximum Gasteiger partial charge on any atom is 0.254 e. The number of rotatable bonds is 2. The van der Waals surface area contributed by atoms with Crippen molar-refractivity contribution in [2.75, 3.05) is 18.9 Å². The SMILES string of the molecule is CC1CCN(C(=O)c2cc(Cl)c(N)c(Cl)c2)C1CO. The minimum absolute atomic E-state index is 0.0383. The molecular weight excluding hydrogens is 287 g/mol. The molecule has 1 aromatic carbocycles. The number of anilines is 1. The van der Waals surface area contributed by atoms with Crippen molar-refractivity contribution in [3.63, 3.8) is 0 Å². The van der Waals surface area contributed by atoms with Crippen LogP contribution in [0.2, 0.25) is 10.0 Å². The Morgan fingerprint density at radius 1 is 1.47 bits per heavy atom. The molecule has 1 fully saturated rings. The predicted octanol–water partition coefficient (Wildman–Crippen LogP) is 2.42. The van der Waals surface area contributed by atoms with E-state index >= 15 is 0 Å². The van der Waals surface area contributed by atoms with E-state index in [1.807, 2.05) is 6.92 Å². The molecule has 19 heavy (non-hydrogen) atoms. The summed E-state index contributed by atoms with van der Waals surface area (Å²) >= 11 is 11.9. The van der Waals surface area contributed by atoms with E-state index in [0.717, 1.165) is 6.42 Å². The molecule has 0 aromatic heterocycles. The molecule has 2 unspecified atom stereocenters. The number of carbonyl (C=O) groups is 1. The number of amides is 1. The van der Waals surface area contributed by atoms with Gasteiger partial charge in [0.1, 0.15) is 0 Å². The van der Waals surface area contributed by atoms with Gasteiger partial charge in [-0.15, -0.1) is 0 Å². The number of nitrogen functional groups attached to an aromatic ring is 1. The van der Waals surface area contributed by atoms with Gasteiger partial charge >= 0.3 is 0 Å². The number of hydrogen-bond acceptors (Lipinski definition) is 3. The minimum Gasteiger partial charge on any atom is -0.396 e. The molecule has 1 aromatic rings. The lowest BCUT2D eigenvalue weighted by molar-refractivity contribution is 0.0648. The van der Waals surface area contributed by atoms with E-state index in [0.29, 0.717) is 12.1 Å². The Balaban J connectivity index is 2.30. The van der Waals surface area contributed by atoms with Crippen molar-refractivity contribution < 1.29 is 9.90 Å². The molecule has 0 aliphatic carbocycles. The minimum atomic E-state index is -0.174. The average molecular weight is 303 g/mol. The van der Waals surface area contributed by atoms with Crippen LogP contribution in [0.15, 0.2) is 12.1 Å². The zero-order valence-electron chi connectivity index (χ0n) is 10.6. The van der Waals surface area contributed by atoms with Crippen LogP contribution in [0, 0.1) is 5.92 Å². The summed E-state index contributed by atoms with van der Waals surface area (Å²) in [7, 11) is 0. The summed E-state index contributed by atoms with van der Waals surface area (Å²) in [6.07, 6.45) is 0.882. The van der Waals surface area contributed by atoms with Gasteiger partial charge in [-0.1, -0.05) is 30.1 Å². The second kappa shape index (κ2) is 5.57. The summed E-state index contributed by atoms with van der Waals surface area (Å²) < 4.78 is 0. The van der Waals surface area contributed by atoms with Crippen molar-refractivity contribution in [1.29, 1.82) is 0 Å². The normalized spacial score (nSPS) is 22.8. The second-order valence-corrected chi connectivity index (χ2v) is 5.68. The Morgan fingerprint density at radius 2 is 2.05 bits per heavy atom. The molecule has 0 spiro atoms. The summed E-state index contributed by atoms with van der Waals surface area (Å²) in [6.45, 7) is 2.62. The van der Waals surface area contributed by atoms with E-state index in [4.69, 9.17) is 28.9 Å². The maximum atomic E-state index is 12.4. The monoisotopic (exact) mass is 302 g/mol. The molecular formula is C13H16Cl2N2O2. The topological polar surface area (TPSA) is 66.6 Å². The first-order valence-corrected chi connectivity index (χ1v) is 6.87. The number of aliphatic hydroxyl groups is 1. The predicted molar refractivity (Wildman–Crippen MR) is 76.6 cm³/mol. The van der Waals surface area contributed by atoms with E-state index in [1.54, 1.807) is 4.90 Å². The van der Waals surface area contributed by atoms with Gasteiger partial charge in [0.15, 0.2) is 0 Å². The quantitative estimate of drug-likeness (QED) is 0.825. The molecule has 0 saturated carbocycles. The van der Waals surface area contributed by atoms with Crippen LogP contribution in [0.4, 0.5) is 5.69 Å². The lowest BCUT2D eigenvalue weighted by atomic mass is 10.0. The molecule has 2 atom stereocenters. The number of hydrogen-bond donors (Lipinski definition) is 2. The van der Waals surface area contributed by atoms with Gasteiger partial charge in [0.2, 0.25) is 0 Å². The highest BCUT2D eigenvalue weighted by Crippen LogP contribution is 2.31. The number of carbonyl (C=O) groups excluding carboxylic acids is 1. The number of nitrogens with zero attached hydrogens (tertiary/aromatic N) is 1. The molecule has 0 radical (unpaired) electrons. The zero-order chi connectivity index (χ0) is 14.2. The fourth-order valence-electron chi connectivity index (χ4n) is 2.41. The molecule has 1 heterocycles. The first-order chi connectivity index (χ1) is 8.95. The number of nitrogens with two attached hydrogens (primary N) is 1. The maximum absolute atomic E-state index is 12.4. The Bertz CT molecular complexity index is 484. The van der Waals surface area contributed by atoms with E-state index in [2.05, 4.69) is 0 Å². The zero-order valence-corrected chi connectivity index (χ0v) is 12.1. The molecule has 2 rings (SSSR count). The molecule has 4 nitrogen and oxygen atoms in total. The number of likely N-dealkylation sites (tertiary alicyclic amines) is 1. The van der Waals surface area contributed by atoms with Gasteiger partial charge in [-0.2, -0.15) is 0 Å². The molecule has 6 heteroatoms. The molecule has 104 valence electrons. The van der Waals surface area contributed by atoms with Crippen LogP contribution in [-0.4, -0.2) is 35.1 Å². The highest BCUT2D eigenvalue weighted by Gasteiger charge is 2.34. The summed E-state index contributed by atoms with van der Waals surface area (Å²) in [5.41, 5.74) is 6.32. The lowest BCUT2D eigenvalue weighted by Gasteiger charge is -2.25. The second-order valence-electron chi connectivity index (χ2n) is 4.87. The van der Waals surface area contributed by atoms with Crippen LogP contribution < -0.4 is 5.73 Å². The van der Waals surface area contributed by atoms with E-state index < -0.39 is 0 Å². The van der Waals surface area contributed by atoms with Crippen LogP contribution in [-0.2, 0) is 0 Å². The van der Waals surface area contributed by atoms with Crippen molar-refractivity contribution in [2.45, 2.75) is 19.4 Å². The van der Waals surface area contributed by atoms with Crippen molar-refractivity contribution in [3.05, 3.63) is 27.7 Å². The van der Waals surface area contributed by atoms with Gasteiger partial charge in [0, 0.05) is 12.1 Å². The van der Waals surface area contributed by atoms with Crippen LogP contribution in [0.3, 0.4) is 0 Å². The van der Waals surface area contributed by atoms with Gasteiger partial charge in [-0.25, -0.2) is 0 Å². The van der Waals surface area contributed by atoms with Crippen molar-refractivity contribution >= 4 is 34.8 Å². The van der Waals surface area contributed by atoms with Gasteiger partial charge < -0.3 is 15.7 Å². The lowest BCUT2D eigenvalue weighted by Crippen LogP contribution is -2.39. The highest BCUT2D eigenvalue weighted by molar-refractivity contribution is 6.39. The van der Waals surface area contributed by atoms with Gasteiger partial charge in [-0.3, -0.25) is 4.79 Å². The number of benzene rings is 1. The Labute approximate surface area is 122 Å². The smallest absolute Gasteiger partial charge is 0.254 e. The van der Waals surface area contributed by atoms with E-state index in [-0.39, 0.29) is 40.2 Å². The molecule has 3 N–H and O–H groups in total. The van der Waals surface area contributed by atoms with Crippen molar-refractivity contribution in [1.82, 2.24) is 4.90 Å². The average Bonchev–Trinajstić information content (AvgIpc) is 2.75. The summed E-state index contributed by atoms with van der Waals surface area (Å²) in [4.78, 5) is 14.1. The third kappa shape index (κ3) is 2.66. The van der Waals surface area contributed by atoms with Crippen molar-refractivity contribution in [3.8, 4) is 0 Å². The number of halogens is 2. The molecule has 1 saturated heterocycles. The van der Waals surface area contributed by atoms with Crippen LogP contribution >= 0.6 is 23.2 Å². The standard InChI is InChI=1S/C13H16Cl2N2O2/c1-7-2-3-17(11(7)6-18)13(19)8-4-9(14)12(16)10(15)5-8/h4-5,7,11,18H,2-3,6,16H2,1H3. The van der Waals surface area contributed by atoms with Crippen molar-refractivity contribution in [2.24, 2.45) is 5.92 Å². The Kier molecular flexibility index (Phi) is 4.23. The van der Waals surface area contributed by atoms with E-state index in [9.17, 15) is 9.90 Å². The highest BCUT2D eigenvalue weighted by atomic mass is 35.5. The Hall–Kier alpha value is -0.970. The number of aliphatic hydroxyl groups excluding tert-OH is 1. The first kappa shape index (κ1) is 14.4. The summed E-state index contributed by atoms with van der Waals surface area (Å²) in [5.74, 6) is 0.112. The fourth-order valence-corrected chi connectivity index (χ4v) is 2.90. The fraction of sp³-hybridized carbons (Fsp3) is 0.462. The molecule has 0 bridgehead atoms.